The van der Waals surface area contributed by atoms with Crippen LogP contribution in [0.5, 0.6) is 0 Å². The average molecular weight is 721 g/mol. The molecule has 2 N–H and O–H groups in total. The summed E-state index contributed by atoms with van der Waals surface area (Å²) in [6, 6.07) is 10.5. The third-order valence-electron chi connectivity index (χ3n) is 10.2. The van der Waals surface area contributed by atoms with Crippen LogP contribution >= 0.6 is 23.2 Å². The van der Waals surface area contributed by atoms with Crippen molar-refractivity contribution >= 4 is 49.4 Å². The fourth-order valence-electron chi connectivity index (χ4n) is 7.73. The van der Waals surface area contributed by atoms with E-state index in [0.717, 1.165) is 55.3 Å². The second-order valence-corrected chi connectivity index (χ2v) is 20.6. The van der Waals surface area contributed by atoms with E-state index in [4.69, 9.17) is 32.7 Å². The molecule has 0 bridgehead atoms. The molecular formula is C37H55Cl2N3O5Si. The van der Waals surface area contributed by atoms with Crippen molar-refractivity contribution in [1.82, 2.24) is 15.1 Å². The van der Waals surface area contributed by atoms with Crippen LogP contribution in [0.4, 0.5) is 4.79 Å². The Morgan fingerprint density at radius 2 is 1.44 bits per heavy atom. The first-order chi connectivity index (χ1) is 22.5. The first-order valence-electron chi connectivity index (χ1n) is 17.2. The van der Waals surface area contributed by atoms with Gasteiger partial charge in [-0.05, 0) is 96.1 Å². The summed E-state index contributed by atoms with van der Waals surface area (Å²) in [6.45, 7) is 14.8. The van der Waals surface area contributed by atoms with Gasteiger partial charge in [0.25, 0.3) is 0 Å². The van der Waals surface area contributed by atoms with Gasteiger partial charge in [-0.15, -0.1) is 0 Å². The maximum Gasteiger partial charge on any atom is 0.335 e. The first-order valence-corrected chi connectivity index (χ1v) is 20.1. The number of carboxylic acids is 1. The largest absolute Gasteiger partial charge is 0.478 e. The topological polar surface area (TPSA) is 99.2 Å². The molecule has 0 radical (unpaired) electrons. The Labute approximate surface area is 298 Å². The van der Waals surface area contributed by atoms with E-state index in [0.29, 0.717) is 39.2 Å². The van der Waals surface area contributed by atoms with Gasteiger partial charge in [0.2, 0.25) is 14.2 Å². The highest BCUT2D eigenvalue weighted by Crippen LogP contribution is 2.45. The standard InChI is InChI=1S/C33H45Cl2NO4Si.C4H10N2O/c1-20(2)41(21(3)4,22(5)6)40-28-13-11-27(12-14-28)36-16-15-25(32(36)37)17-29-30(34)18-26(19-31(29)35)23-7-9-24(10-8-23)33(38)39;1-5-4(7)6(2)3/h7-10,18-22,25,27-28H,11-17H2,1-6H3,(H,38,39);1-3H3,(H,5,7)/t25-,27?,28?;/m0./s1. The van der Waals surface area contributed by atoms with Gasteiger partial charge in [0.15, 0.2) is 0 Å². The zero-order valence-electron chi connectivity index (χ0n) is 30.1. The number of carbonyl (C=O) groups is 3. The van der Waals surface area contributed by atoms with E-state index in [1.165, 1.54) is 4.90 Å². The van der Waals surface area contributed by atoms with Crippen LogP contribution in [0.2, 0.25) is 26.7 Å². The minimum Gasteiger partial charge on any atom is -0.478 e. The summed E-state index contributed by atoms with van der Waals surface area (Å²) in [5.41, 5.74) is 4.41. The van der Waals surface area contributed by atoms with E-state index in [9.17, 15) is 14.4 Å². The van der Waals surface area contributed by atoms with Crippen molar-refractivity contribution < 1.29 is 23.9 Å². The molecule has 48 heavy (non-hydrogen) atoms. The maximum atomic E-state index is 13.6. The van der Waals surface area contributed by atoms with Crippen molar-refractivity contribution in [3.8, 4) is 11.1 Å². The third kappa shape index (κ3) is 9.34. The fraction of sp³-hybridized carbons (Fsp3) is 0.595. The lowest BCUT2D eigenvalue weighted by Gasteiger charge is -2.46. The predicted molar refractivity (Wildman–Crippen MR) is 199 cm³/mol. The van der Waals surface area contributed by atoms with Crippen LogP contribution in [0.3, 0.4) is 0 Å². The molecule has 8 nitrogen and oxygen atoms in total. The lowest BCUT2D eigenvalue weighted by Crippen LogP contribution is -2.51. The number of carbonyl (C=O) groups excluding carboxylic acids is 2. The molecule has 2 aliphatic rings. The molecule has 3 amide bonds. The molecule has 2 aromatic carbocycles. The number of aromatic carboxylic acids is 1. The van der Waals surface area contributed by atoms with Crippen molar-refractivity contribution in [1.29, 1.82) is 0 Å². The van der Waals surface area contributed by atoms with E-state index in [2.05, 4.69) is 51.8 Å². The molecule has 0 aromatic heterocycles. The summed E-state index contributed by atoms with van der Waals surface area (Å²) in [6.07, 6.45) is 5.67. The molecule has 1 saturated carbocycles. The van der Waals surface area contributed by atoms with Crippen LogP contribution < -0.4 is 5.32 Å². The molecule has 2 fully saturated rings. The molecule has 1 heterocycles. The summed E-state index contributed by atoms with van der Waals surface area (Å²) in [5.74, 6) is -0.876. The average Bonchev–Trinajstić information content (AvgIpc) is 3.40. The Bertz CT molecular complexity index is 1360. The van der Waals surface area contributed by atoms with Crippen molar-refractivity contribution in [3.05, 3.63) is 57.6 Å². The second-order valence-electron chi connectivity index (χ2n) is 14.3. The number of hydrogen-bond donors (Lipinski definition) is 2. The smallest absolute Gasteiger partial charge is 0.335 e. The number of halogens is 2. The summed E-state index contributed by atoms with van der Waals surface area (Å²) in [5, 5.41) is 12.7. The highest BCUT2D eigenvalue weighted by atomic mass is 35.5. The molecule has 11 heteroatoms. The summed E-state index contributed by atoms with van der Waals surface area (Å²) < 4.78 is 7.07. The van der Waals surface area contributed by atoms with E-state index in [-0.39, 0.29) is 29.5 Å². The van der Waals surface area contributed by atoms with Crippen LogP contribution in [-0.4, -0.2) is 81.0 Å². The predicted octanol–water partition coefficient (Wildman–Crippen LogP) is 9.14. The van der Waals surface area contributed by atoms with Gasteiger partial charge in [-0.25, -0.2) is 9.59 Å². The molecule has 0 unspecified atom stereocenters. The van der Waals surface area contributed by atoms with E-state index in [1.54, 1.807) is 45.4 Å². The van der Waals surface area contributed by atoms with Gasteiger partial charge in [-0.2, -0.15) is 0 Å². The Morgan fingerprint density at radius 1 is 0.917 bits per heavy atom. The molecule has 1 aliphatic carbocycles. The highest BCUT2D eigenvalue weighted by Gasteiger charge is 2.47. The van der Waals surface area contributed by atoms with Crippen molar-refractivity contribution in [2.75, 3.05) is 27.7 Å². The molecule has 1 atom stereocenters. The Balaban J connectivity index is 0.000000804. The number of nitrogens with zero attached hydrogens (tertiary/aromatic N) is 2. The number of carboxylic acid groups (broad SMARTS) is 1. The minimum absolute atomic E-state index is 0.0694. The molecule has 1 saturated heterocycles. The second kappa shape index (κ2) is 17.4. The molecular weight excluding hydrogens is 665 g/mol. The van der Waals surface area contributed by atoms with Crippen LogP contribution in [0.25, 0.3) is 11.1 Å². The highest BCUT2D eigenvalue weighted by molar-refractivity contribution is 6.77. The SMILES string of the molecule is CC(C)[Si](OC1CCC(N2CC[C@@H](Cc3c(Cl)cc(-c4ccc(C(=O)O)cc4)cc3Cl)C2=O)CC1)(C(C)C)C(C)C.CNC(=O)N(C)C. The number of amides is 3. The number of likely N-dealkylation sites (tertiary alicyclic amines) is 1. The zero-order valence-corrected chi connectivity index (χ0v) is 32.6. The summed E-state index contributed by atoms with van der Waals surface area (Å²) in [7, 11) is 3.08. The van der Waals surface area contributed by atoms with Gasteiger partial charge < -0.3 is 24.6 Å². The molecule has 2 aromatic rings. The van der Waals surface area contributed by atoms with Crippen molar-refractivity contribution in [3.63, 3.8) is 0 Å². The molecule has 266 valence electrons. The van der Waals surface area contributed by atoms with E-state index in [1.807, 2.05) is 12.1 Å². The van der Waals surface area contributed by atoms with E-state index >= 15 is 0 Å². The Morgan fingerprint density at radius 3 is 1.85 bits per heavy atom. The lowest BCUT2D eigenvalue weighted by atomic mass is 9.92. The summed E-state index contributed by atoms with van der Waals surface area (Å²) in [4.78, 5) is 38.6. The van der Waals surface area contributed by atoms with Crippen LogP contribution in [0.15, 0.2) is 36.4 Å². The summed E-state index contributed by atoms with van der Waals surface area (Å²) >= 11 is 13.4. The Hall–Kier alpha value is -2.59. The quantitative estimate of drug-likeness (QED) is 0.239. The molecule has 1 aliphatic heterocycles. The van der Waals surface area contributed by atoms with Gasteiger partial charge >= 0.3 is 12.0 Å². The van der Waals surface area contributed by atoms with E-state index < -0.39 is 14.3 Å². The van der Waals surface area contributed by atoms with Gasteiger partial charge in [-0.3, -0.25) is 4.79 Å². The van der Waals surface area contributed by atoms with Crippen molar-refractivity contribution in [2.24, 2.45) is 5.92 Å². The zero-order chi connectivity index (χ0) is 35.9. The molecule has 4 rings (SSSR count). The van der Waals surface area contributed by atoms with Crippen LogP contribution in [0.1, 0.15) is 89.6 Å². The molecule has 0 spiro atoms. The Kier molecular flexibility index (Phi) is 14.4. The number of rotatable bonds is 10. The number of hydrogen-bond acceptors (Lipinski definition) is 4. The van der Waals surface area contributed by atoms with Crippen molar-refractivity contribution in [2.45, 2.75) is 109 Å². The maximum absolute atomic E-state index is 13.6. The van der Waals surface area contributed by atoms with Gasteiger partial charge in [0, 0.05) is 55.8 Å². The monoisotopic (exact) mass is 719 g/mol. The fourth-order valence-corrected chi connectivity index (χ4v) is 14.0. The van der Waals surface area contributed by atoms with Crippen LogP contribution in [-0.2, 0) is 15.6 Å². The number of urea groups is 1. The van der Waals surface area contributed by atoms with Crippen LogP contribution in [0, 0.1) is 5.92 Å². The van der Waals surface area contributed by atoms with Gasteiger partial charge in [0.05, 0.1) is 5.56 Å². The van der Waals surface area contributed by atoms with Gasteiger partial charge in [0.1, 0.15) is 0 Å². The third-order valence-corrected chi connectivity index (χ3v) is 17.0. The number of nitrogens with one attached hydrogen (secondary N) is 1. The van der Waals surface area contributed by atoms with Gasteiger partial charge in [-0.1, -0.05) is 76.9 Å². The normalized spacial score (nSPS) is 19.8. The lowest BCUT2D eigenvalue weighted by molar-refractivity contribution is -0.133. The minimum atomic E-state index is -1.91. The first kappa shape index (κ1) is 39.8. The number of benzene rings is 2.